The summed E-state index contributed by atoms with van der Waals surface area (Å²) in [7, 11) is 1.86. The van der Waals surface area contributed by atoms with E-state index in [-0.39, 0.29) is 5.82 Å². The lowest BCUT2D eigenvalue weighted by Crippen LogP contribution is -1.96. The first-order chi connectivity index (χ1) is 10.3. The van der Waals surface area contributed by atoms with Gasteiger partial charge in [-0.05, 0) is 17.7 Å². The minimum absolute atomic E-state index is 0.285. The Bertz CT molecular complexity index is 740. The Morgan fingerprint density at radius 1 is 1.00 bits per heavy atom. The molecule has 0 bridgehead atoms. The van der Waals surface area contributed by atoms with Crippen LogP contribution in [0.5, 0.6) is 0 Å². The average molecular weight is 299 g/mol. The van der Waals surface area contributed by atoms with Gasteiger partial charge in [0.25, 0.3) is 0 Å². The normalized spacial score (nSPS) is 10.8. The molecule has 1 heterocycles. The summed E-state index contributed by atoms with van der Waals surface area (Å²) in [4.78, 5) is 0. The van der Waals surface area contributed by atoms with E-state index in [4.69, 9.17) is 0 Å². The van der Waals surface area contributed by atoms with Gasteiger partial charge in [0.15, 0.2) is 11.0 Å². The molecule has 5 heteroatoms. The number of nitrogens with zero attached hydrogens (tertiary/aromatic N) is 3. The molecule has 0 radical (unpaired) electrons. The molecule has 3 nitrogen and oxygen atoms in total. The van der Waals surface area contributed by atoms with Gasteiger partial charge in [-0.25, -0.2) is 4.39 Å². The highest BCUT2D eigenvalue weighted by molar-refractivity contribution is 7.98. The summed E-state index contributed by atoms with van der Waals surface area (Å²) in [5.41, 5.74) is 1.69. The Kier molecular flexibility index (Phi) is 4.01. The number of hydrogen-bond donors (Lipinski definition) is 0. The molecule has 0 unspecified atom stereocenters. The van der Waals surface area contributed by atoms with Crippen LogP contribution in [0.3, 0.4) is 0 Å². The molecular formula is C16H14FN3S. The van der Waals surface area contributed by atoms with Crippen LogP contribution < -0.4 is 0 Å². The maximum absolute atomic E-state index is 13.8. The zero-order valence-corrected chi connectivity index (χ0v) is 12.3. The van der Waals surface area contributed by atoms with E-state index in [9.17, 15) is 4.39 Å². The first-order valence-corrected chi connectivity index (χ1v) is 7.55. The lowest BCUT2D eigenvalue weighted by Gasteiger charge is -2.04. The second kappa shape index (κ2) is 6.10. The molecule has 0 fully saturated rings. The smallest absolute Gasteiger partial charge is 0.191 e. The van der Waals surface area contributed by atoms with Crippen molar-refractivity contribution < 1.29 is 4.39 Å². The summed E-state index contributed by atoms with van der Waals surface area (Å²) in [6.45, 7) is 0. The van der Waals surface area contributed by atoms with Crippen LogP contribution in [0.15, 0.2) is 59.8 Å². The maximum atomic E-state index is 13.8. The largest absolute Gasteiger partial charge is 0.305 e. The van der Waals surface area contributed by atoms with Crippen LogP contribution >= 0.6 is 11.8 Å². The quantitative estimate of drug-likeness (QED) is 0.684. The molecule has 0 aliphatic carbocycles. The fraction of sp³-hybridized carbons (Fsp3) is 0.125. The molecule has 0 spiro atoms. The van der Waals surface area contributed by atoms with E-state index in [0.29, 0.717) is 11.4 Å². The van der Waals surface area contributed by atoms with Crippen molar-refractivity contribution in [2.24, 2.45) is 7.05 Å². The van der Waals surface area contributed by atoms with Crippen molar-refractivity contribution in [3.8, 4) is 11.4 Å². The number of thioether (sulfide) groups is 1. The van der Waals surface area contributed by atoms with E-state index >= 15 is 0 Å². The van der Waals surface area contributed by atoms with Crippen LogP contribution in [0, 0.1) is 5.82 Å². The summed E-state index contributed by atoms with van der Waals surface area (Å²) in [5, 5.41) is 9.04. The van der Waals surface area contributed by atoms with Crippen LogP contribution in [0.1, 0.15) is 5.56 Å². The van der Waals surface area contributed by atoms with Gasteiger partial charge in [0.1, 0.15) is 5.82 Å². The molecule has 0 aliphatic heterocycles. The molecule has 0 N–H and O–H groups in total. The van der Waals surface area contributed by atoms with Crippen LogP contribution in [0.4, 0.5) is 4.39 Å². The van der Waals surface area contributed by atoms with E-state index in [0.717, 1.165) is 10.9 Å². The Morgan fingerprint density at radius 3 is 2.48 bits per heavy atom. The van der Waals surface area contributed by atoms with E-state index in [2.05, 4.69) is 22.3 Å². The molecule has 1 aromatic heterocycles. The van der Waals surface area contributed by atoms with Crippen molar-refractivity contribution in [3.63, 3.8) is 0 Å². The number of benzene rings is 2. The molecule has 106 valence electrons. The zero-order valence-electron chi connectivity index (χ0n) is 11.5. The predicted molar refractivity (Wildman–Crippen MR) is 82.4 cm³/mol. The Morgan fingerprint density at radius 2 is 1.71 bits per heavy atom. The van der Waals surface area contributed by atoms with Gasteiger partial charge >= 0.3 is 0 Å². The van der Waals surface area contributed by atoms with Crippen molar-refractivity contribution >= 4 is 11.8 Å². The summed E-state index contributed by atoms with van der Waals surface area (Å²) >= 11 is 1.59. The third kappa shape index (κ3) is 2.97. The minimum atomic E-state index is -0.285. The second-order valence-electron chi connectivity index (χ2n) is 4.62. The predicted octanol–water partition coefficient (Wildman–Crippen LogP) is 3.91. The van der Waals surface area contributed by atoms with Crippen molar-refractivity contribution in [1.29, 1.82) is 0 Å². The molecule has 2 aromatic carbocycles. The van der Waals surface area contributed by atoms with E-state index < -0.39 is 0 Å². The molecule has 0 amide bonds. The lowest BCUT2D eigenvalue weighted by atomic mass is 10.2. The molecule has 0 saturated heterocycles. The van der Waals surface area contributed by atoms with Crippen molar-refractivity contribution in [1.82, 2.24) is 14.8 Å². The SMILES string of the molecule is Cn1c(SCc2ccccc2)nnc1-c1ccccc1F. The number of halogens is 1. The molecule has 0 atom stereocenters. The lowest BCUT2D eigenvalue weighted by molar-refractivity contribution is 0.628. The van der Waals surface area contributed by atoms with Gasteiger partial charge in [0, 0.05) is 12.8 Å². The molecule has 3 rings (SSSR count). The number of aromatic nitrogens is 3. The molecular weight excluding hydrogens is 285 g/mol. The van der Waals surface area contributed by atoms with Crippen LogP contribution in [-0.4, -0.2) is 14.8 Å². The van der Waals surface area contributed by atoms with E-state index in [1.165, 1.54) is 11.6 Å². The first kappa shape index (κ1) is 13.8. The van der Waals surface area contributed by atoms with Crippen molar-refractivity contribution in [3.05, 3.63) is 66.0 Å². The fourth-order valence-corrected chi connectivity index (χ4v) is 2.91. The van der Waals surface area contributed by atoms with Crippen molar-refractivity contribution in [2.45, 2.75) is 10.9 Å². The van der Waals surface area contributed by atoms with Gasteiger partial charge in [-0.2, -0.15) is 0 Å². The highest BCUT2D eigenvalue weighted by atomic mass is 32.2. The van der Waals surface area contributed by atoms with E-state index in [1.54, 1.807) is 30.0 Å². The van der Waals surface area contributed by atoms with Gasteiger partial charge in [-0.15, -0.1) is 10.2 Å². The fourth-order valence-electron chi connectivity index (χ4n) is 2.04. The second-order valence-corrected chi connectivity index (χ2v) is 5.56. The molecule has 0 saturated carbocycles. The molecule has 0 aliphatic rings. The standard InChI is InChI=1S/C16H14FN3S/c1-20-15(13-9-5-6-10-14(13)17)18-19-16(20)21-11-12-7-3-2-4-8-12/h2-10H,11H2,1H3. The highest BCUT2D eigenvalue weighted by Gasteiger charge is 2.14. The van der Waals surface area contributed by atoms with Gasteiger partial charge < -0.3 is 4.57 Å². The maximum Gasteiger partial charge on any atom is 0.191 e. The third-order valence-electron chi connectivity index (χ3n) is 3.16. The summed E-state index contributed by atoms with van der Waals surface area (Å²) in [6, 6.07) is 16.8. The highest BCUT2D eigenvalue weighted by Crippen LogP contribution is 2.26. The summed E-state index contributed by atoms with van der Waals surface area (Å²) in [5.74, 6) is 1.07. The van der Waals surface area contributed by atoms with Crippen LogP contribution in [-0.2, 0) is 12.8 Å². The van der Waals surface area contributed by atoms with Gasteiger partial charge in [-0.1, -0.05) is 54.2 Å². The van der Waals surface area contributed by atoms with Gasteiger partial charge in [0.05, 0.1) is 5.56 Å². The van der Waals surface area contributed by atoms with Crippen LogP contribution in [0.2, 0.25) is 0 Å². The number of hydrogen-bond acceptors (Lipinski definition) is 3. The topological polar surface area (TPSA) is 30.7 Å². The Balaban J connectivity index is 1.82. The third-order valence-corrected chi connectivity index (χ3v) is 4.25. The summed E-state index contributed by atoms with van der Waals surface area (Å²) in [6.07, 6.45) is 0. The average Bonchev–Trinajstić information content (AvgIpc) is 2.88. The summed E-state index contributed by atoms with van der Waals surface area (Å²) < 4.78 is 15.7. The van der Waals surface area contributed by atoms with E-state index in [1.807, 2.05) is 29.8 Å². The Hall–Kier alpha value is -2.14. The van der Waals surface area contributed by atoms with Gasteiger partial charge in [0.2, 0.25) is 0 Å². The first-order valence-electron chi connectivity index (χ1n) is 6.57. The van der Waals surface area contributed by atoms with Crippen LogP contribution in [0.25, 0.3) is 11.4 Å². The monoisotopic (exact) mass is 299 g/mol. The minimum Gasteiger partial charge on any atom is -0.305 e. The Labute approximate surface area is 126 Å². The van der Waals surface area contributed by atoms with Gasteiger partial charge in [-0.3, -0.25) is 0 Å². The molecule has 21 heavy (non-hydrogen) atoms. The zero-order chi connectivity index (χ0) is 14.7. The number of rotatable bonds is 4. The molecule has 3 aromatic rings. The van der Waals surface area contributed by atoms with Crippen molar-refractivity contribution in [2.75, 3.05) is 0 Å².